The summed E-state index contributed by atoms with van der Waals surface area (Å²) in [6.07, 6.45) is 3.34. The highest BCUT2D eigenvalue weighted by molar-refractivity contribution is 7.13. The van der Waals surface area contributed by atoms with Crippen molar-refractivity contribution in [2.75, 3.05) is 25.5 Å². The van der Waals surface area contributed by atoms with E-state index in [1.165, 1.54) is 0 Å². The first kappa shape index (κ1) is 20.4. The number of rotatable bonds is 6. The SMILES string of the molecule is COc1ccc(NC(=O)CCC2CCCN(C(=O)c3ccc(C)s3)C2)c(C)c1. The molecule has 2 amide bonds. The van der Waals surface area contributed by atoms with E-state index in [1.807, 2.05) is 49.1 Å². The number of nitrogens with one attached hydrogen (secondary N) is 1. The van der Waals surface area contributed by atoms with Gasteiger partial charge in [-0.2, -0.15) is 0 Å². The molecule has 28 heavy (non-hydrogen) atoms. The van der Waals surface area contributed by atoms with Gasteiger partial charge in [-0.15, -0.1) is 11.3 Å². The highest BCUT2D eigenvalue weighted by atomic mass is 32.1. The minimum Gasteiger partial charge on any atom is -0.497 e. The number of ether oxygens (including phenoxy) is 1. The van der Waals surface area contributed by atoms with Crippen LogP contribution >= 0.6 is 11.3 Å². The number of aryl methyl sites for hydroxylation is 2. The van der Waals surface area contributed by atoms with Gasteiger partial charge in [0.25, 0.3) is 5.91 Å². The zero-order valence-electron chi connectivity index (χ0n) is 16.8. The van der Waals surface area contributed by atoms with E-state index in [2.05, 4.69) is 5.32 Å². The van der Waals surface area contributed by atoms with Crippen molar-refractivity contribution >= 4 is 28.8 Å². The number of amides is 2. The van der Waals surface area contributed by atoms with Crippen molar-refractivity contribution in [3.8, 4) is 5.75 Å². The van der Waals surface area contributed by atoms with Crippen LogP contribution in [0.2, 0.25) is 0 Å². The van der Waals surface area contributed by atoms with Gasteiger partial charge in [-0.05, 0) is 74.9 Å². The fourth-order valence-electron chi connectivity index (χ4n) is 3.64. The van der Waals surface area contributed by atoms with E-state index in [9.17, 15) is 9.59 Å². The number of carbonyl (C=O) groups is 2. The van der Waals surface area contributed by atoms with Crippen LogP contribution in [0, 0.1) is 19.8 Å². The summed E-state index contributed by atoms with van der Waals surface area (Å²) in [4.78, 5) is 29.0. The van der Waals surface area contributed by atoms with Crippen LogP contribution in [0.3, 0.4) is 0 Å². The van der Waals surface area contributed by atoms with Crippen LogP contribution in [0.1, 0.15) is 45.8 Å². The smallest absolute Gasteiger partial charge is 0.263 e. The van der Waals surface area contributed by atoms with E-state index in [1.54, 1.807) is 18.4 Å². The molecule has 1 aromatic heterocycles. The first-order valence-corrected chi connectivity index (χ1v) is 10.6. The van der Waals surface area contributed by atoms with Crippen LogP contribution in [0.25, 0.3) is 0 Å². The maximum absolute atomic E-state index is 12.7. The summed E-state index contributed by atoms with van der Waals surface area (Å²) >= 11 is 1.55. The van der Waals surface area contributed by atoms with Gasteiger partial charge in [0.15, 0.2) is 0 Å². The molecule has 2 aromatic rings. The normalized spacial score (nSPS) is 16.7. The molecule has 1 N–H and O–H groups in total. The molecule has 0 saturated carbocycles. The minimum atomic E-state index is 0.0191. The van der Waals surface area contributed by atoms with Crippen molar-refractivity contribution in [2.45, 2.75) is 39.5 Å². The second kappa shape index (κ2) is 9.24. The highest BCUT2D eigenvalue weighted by Gasteiger charge is 2.25. The first-order chi connectivity index (χ1) is 13.5. The molecule has 150 valence electrons. The molecule has 1 aromatic carbocycles. The zero-order chi connectivity index (χ0) is 20.1. The van der Waals surface area contributed by atoms with Gasteiger partial charge in [0, 0.05) is 30.1 Å². The Bertz CT molecular complexity index is 846. The summed E-state index contributed by atoms with van der Waals surface area (Å²) in [6.45, 7) is 5.52. The fraction of sp³-hybridized carbons (Fsp3) is 0.455. The van der Waals surface area contributed by atoms with E-state index in [-0.39, 0.29) is 11.8 Å². The quantitative estimate of drug-likeness (QED) is 0.768. The highest BCUT2D eigenvalue weighted by Crippen LogP contribution is 2.26. The molecule has 1 aliphatic heterocycles. The van der Waals surface area contributed by atoms with Crippen LogP contribution in [-0.4, -0.2) is 36.9 Å². The molecular weight excluding hydrogens is 372 g/mol. The summed E-state index contributed by atoms with van der Waals surface area (Å²) in [6, 6.07) is 9.53. The van der Waals surface area contributed by atoms with Gasteiger partial charge in [0.05, 0.1) is 12.0 Å². The number of hydrogen-bond donors (Lipinski definition) is 1. The van der Waals surface area contributed by atoms with Crippen molar-refractivity contribution in [1.82, 2.24) is 4.90 Å². The van der Waals surface area contributed by atoms with Crippen LogP contribution in [-0.2, 0) is 4.79 Å². The molecule has 0 aliphatic carbocycles. The number of anilines is 1. The average Bonchev–Trinajstić information content (AvgIpc) is 3.14. The van der Waals surface area contributed by atoms with Crippen LogP contribution in [0.4, 0.5) is 5.69 Å². The predicted octanol–water partition coefficient (Wildman–Crippen LogP) is 4.64. The Morgan fingerprint density at radius 3 is 2.75 bits per heavy atom. The number of carbonyl (C=O) groups excluding carboxylic acids is 2. The lowest BCUT2D eigenvalue weighted by Gasteiger charge is -2.32. The number of piperidine rings is 1. The topological polar surface area (TPSA) is 58.6 Å². The van der Waals surface area contributed by atoms with Crippen molar-refractivity contribution in [2.24, 2.45) is 5.92 Å². The van der Waals surface area contributed by atoms with Crippen molar-refractivity contribution in [3.05, 3.63) is 45.6 Å². The van der Waals surface area contributed by atoms with Gasteiger partial charge in [0.1, 0.15) is 5.75 Å². The molecule has 0 bridgehead atoms. The molecule has 3 rings (SSSR count). The van der Waals surface area contributed by atoms with E-state index in [4.69, 9.17) is 4.74 Å². The Labute approximate surface area is 170 Å². The standard InChI is InChI=1S/C22H28N2O3S/c1-15-13-18(27-3)8-9-19(15)23-21(25)11-7-17-5-4-12-24(14-17)22(26)20-10-6-16(2)28-20/h6,8-10,13,17H,4-5,7,11-12,14H2,1-3H3,(H,23,25). The first-order valence-electron chi connectivity index (χ1n) is 9.76. The molecular formula is C22H28N2O3S. The van der Waals surface area contributed by atoms with Gasteiger partial charge >= 0.3 is 0 Å². The number of benzene rings is 1. The summed E-state index contributed by atoms with van der Waals surface area (Å²) in [5.41, 5.74) is 1.80. The maximum atomic E-state index is 12.7. The van der Waals surface area contributed by atoms with Gasteiger partial charge < -0.3 is 15.0 Å². The van der Waals surface area contributed by atoms with Crippen LogP contribution in [0.5, 0.6) is 5.75 Å². The summed E-state index contributed by atoms with van der Waals surface area (Å²) in [7, 11) is 1.63. The third-order valence-electron chi connectivity index (χ3n) is 5.24. The Morgan fingerprint density at radius 2 is 2.07 bits per heavy atom. The molecule has 0 spiro atoms. The van der Waals surface area contributed by atoms with Crippen molar-refractivity contribution < 1.29 is 14.3 Å². The zero-order valence-corrected chi connectivity index (χ0v) is 17.6. The van der Waals surface area contributed by atoms with E-state index >= 15 is 0 Å². The van der Waals surface area contributed by atoms with E-state index in [0.717, 1.165) is 59.1 Å². The molecule has 1 aliphatic rings. The van der Waals surface area contributed by atoms with Crippen LogP contribution in [0.15, 0.2) is 30.3 Å². The molecule has 2 heterocycles. The lowest BCUT2D eigenvalue weighted by Crippen LogP contribution is -2.39. The van der Waals surface area contributed by atoms with Gasteiger partial charge in [-0.3, -0.25) is 9.59 Å². The molecule has 0 radical (unpaired) electrons. The summed E-state index contributed by atoms with van der Waals surface area (Å²) in [5, 5.41) is 2.99. The number of likely N-dealkylation sites (tertiary alicyclic amines) is 1. The van der Waals surface area contributed by atoms with Crippen LogP contribution < -0.4 is 10.1 Å². The lowest BCUT2D eigenvalue weighted by atomic mass is 9.93. The molecule has 5 nitrogen and oxygen atoms in total. The predicted molar refractivity (Wildman–Crippen MR) is 113 cm³/mol. The van der Waals surface area contributed by atoms with Gasteiger partial charge in [-0.1, -0.05) is 0 Å². The molecule has 6 heteroatoms. The van der Waals surface area contributed by atoms with E-state index in [0.29, 0.717) is 12.3 Å². The van der Waals surface area contributed by atoms with Gasteiger partial charge in [0.2, 0.25) is 5.91 Å². The fourth-order valence-corrected chi connectivity index (χ4v) is 4.48. The summed E-state index contributed by atoms with van der Waals surface area (Å²) in [5.74, 6) is 1.30. The molecule has 1 unspecified atom stereocenters. The molecule has 1 saturated heterocycles. The second-order valence-electron chi connectivity index (χ2n) is 7.44. The summed E-state index contributed by atoms with van der Waals surface area (Å²) < 4.78 is 5.20. The Morgan fingerprint density at radius 1 is 1.25 bits per heavy atom. The minimum absolute atomic E-state index is 0.0191. The number of methoxy groups -OCH3 is 1. The third kappa shape index (κ3) is 5.13. The Kier molecular flexibility index (Phi) is 6.73. The number of nitrogens with zero attached hydrogens (tertiary/aromatic N) is 1. The Balaban J connectivity index is 1.50. The van der Waals surface area contributed by atoms with Gasteiger partial charge in [-0.25, -0.2) is 0 Å². The molecule has 1 fully saturated rings. The Hall–Kier alpha value is -2.34. The second-order valence-corrected chi connectivity index (χ2v) is 8.73. The monoisotopic (exact) mass is 400 g/mol. The number of hydrogen-bond acceptors (Lipinski definition) is 4. The average molecular weight is 401 g/mol. The third-order valence-corrected chi connectivity index (χ3v) is 6.23. The largest absolute Gasteiger partial charge is 0.497 e. The number of thiophene rings is 1. The maximum Gasteiger partial charge on any atom is 0.263 e. The van der Waals surface area contributed by atoms with E-state index < -0.39 is 0 Å². The lowest BCUT2D eigenvalue weighted by molar-refractivity contribution is -0.116. The molecule has 1 atom stereocenters. The van der Waals surface area contributed by atoms with Crippen molar-refractivity contribution in [1.29, 1.82) is 0 Å². The van der Waals surface area contributed by atoms with Crippen molar-refractivity contribution in [3.63, 3.8) is 0 Å².